The summed E-state index contributed by atoms with van der Waals surface area (Å²) >= 11 is 11.6. The first-order valence-electron chi connectivity index (χ1n) is 6.08. The number of sulfonamides is 1. The predicted molar refractivity (Wildman–Crippen MR) is 81.0 cm³/mol. The highest BCUT2D eigenvalue weighted by Gasteiger charge is 2.25. The standard InChI is InChI=1S/C12H16Cl2N2O4S/c1-16(8-12(18)15-5-2-6-17)21(19,20)11-7-9(13)3-4-10(11)14/h3-4,7,17H,2,5-6,8H2,1H3,(H,15,18). The van der Waals surface area contributed by atoms with Crippen molar-refractivity contribution in [2.75, 3.05) is 26.7 Å². The van der Waals surface area contributed by atoms with Gasteiger partial charge in [0.15, 0.2) is 0 Å². The second kappa shape index (κ2) is 7.95. The molecule has 2 N–H and O–H groups in total. The lowest BCUT2D eigenvalue weighted by molar-refractivity contribution is -0.121. The Labute approximate surface area is 133 Å². The van der Waals surface area contributed by atoms with Crippen LogP contribution in [-0.2, 0) is 14.8 Å². The fourth-order valence-electron chi connectivity index (χ4n) is 1.49. The van der Waals surface area contributed by atoms with Crippen molar-refractivity contribution in [2.24, 2.45) is 0 Å². The summed E-state index contributed by atoms with van der Waals surface area (Å²) in [6.07, 6.45) is 0.405. The Balaban J connectivity index is 2.82. The third kappa shape index (κ3) is 5.12. The molecule has 9 heteroatoms. The summed E-state index contributed by atoms with van der Waals surface area (Å²) in [6.45, 7) is -0.121. The number of nitrogens with zero attached hydrogens (tertiary/aromatic N) is 1. The van der Waals surface area contributed by atoms with Gasteiger partial charge in [-0.05, 0) is 24.6 Å². The summed E-state index contributed by atoms with van der Waals surface area (Å²) in [5, 5.41) is 11.4. The van der Waals surface area contributed by atoms with Crippen LogP contribution in [0.25, 0.3) is 0 Å². The van der Waals surface area contributed by atoms with Crippen molar-refractivity contribution in [3.05, 3.63) is 28.2 Å². The SMILES string of the molecule is CN(CC(=O)NCCCO)S(=O)(=O)c1cc(Cl)ccc1Cl. The van der Waals surface area contributed by atoms with Gasteiger partial charge in [0.05, 0.1) is 11.6 Å². The number of nitrogens with one attached hydrogen (secondary N) is 1. The van der Waals surface area contributed by atoms with Crippen molar-refractivity contribution >= 4 is 39.1 Å². The number of halogens is 2. The van der Waals surface area contributed by atoms with Crippen LogP contribution in [0.1, 0.15) is 6.42 Å². The van der Waals surface area contributed by atoms with Gasteiger partial charge in [-0.1, -0.05) is 23.2 Å². The Morgan fingerprint density at radius 1 is 1.38 bits per heavy atom. The van der Waals surface area contributed by atoms with Crippen LogP contribution in [0.15, 0.2) is 23.1 Å². The molecule has 118 valence electrons. The fourth-order valence-corrected chi connectivity index (χ4v) is 3.35. The molecule has 0 aliphatic heterocycles. The lowest BCUT2D eigenvalue weighted by Crippen LogP contribution is -2.38. The molecule has 21 heavy (non-hydrogen) atoms. The third-order valence-electron chi connectivity index (χ3n) is 2.60. The molecular formula is C12H16Cl2N2O4S. The number of likely N-dealkylation sites (N-methyl/N-ethyl adjacent to an activating group) is 1. The lowest BCUT2D eigenvalue weighted by atomic mass is 10.4. The average molecular weight is 355 g/mol. The molecule has 0 unspecified atom stereocenters. The molecule has 0 bridgehead atoms. The van der Waals surface area contributed by atoms with Gasteiger partial charge in [0.25, 0.3) is 0 Å². The van der Waals surface area contributed by atoms with Gasteiger partial charge in [-0.2, -0.15) is 4.31 Å². The van der Waals surface area contributed by atoms with Gasteiger partial charge >= 0.3 is 0 Å². The van der Waals surface area contributed by atoms with Crippen molar-refractivity contribution < 1.29 is 18.3 Å². The molecule has 0 aliphatic carbocycles. The number of rotatable bonds is 7. The van der Waals surface area contributed by atoms with Crippen LogP contribution >= 0.6 is 23.2 Å². The normalized spacial score (nSPS) is 11.7. The van der Waals surface area contributed by atoms with Crippen molar-refractivity contribution in [1.29, 1.82) is 0 Å². The maximum absolute atomic E-state index is 12.3. The molecule has 0 fully saturated rings. The van der Waals surface area contributed by atoms with E-state index in [2.05, 4.69) is 5.32 Å². The summed E-state index contributed by atoms with van der Waals surface area (Å²) in [7, 11) is -2.64. The van der Waals surface area contributed by atoms with E-state index >= 15 is 0 Å². The van der Waals surface area contributed by atoms with E-state index in [1.165, 1.54) is 25.2 Å². The molecule has 0 saturated heterocycles. The molecule has 6 nitrogen and oxygen atoms in total. The van der Waals surface area contributed by atoms with Crippen LogP contribution in [0, 0.1) is 0 Å². The Morgan fingerprint density at radius 3 is 2.67 bits per heavy atom. The second-order valence-electron chi connectivity index (χ2n) is 4.26. The highest BCUT2D eigenvalue weighted by atomic mass is 35.5. The first-order chi connectivity index (χ1) is 9.78. The molecule has 0 saturated carbocycles. The first-order valence-corrected chi connectivity index (χ1v) is 8.27. The van der Waals surface area contributed by atoms with Crippen molar-refractivity contribution in [1.82, 2.24) is 9.62 Å². The van der Waals surface area contributed by atoms with Gasteiger partial charge in [0.1, 0.15) is 4.90 Å². The molecule has 1 amide bonds. The van der Waals surface area contributed by atoms with Gasteiger partial charge in [-0.15, -0.1) is 0 Å². The monoisotopic (exact) mass is 354 g/mol. The highest BCUT2D eigenvalue weighted by Crippen LogP contribution is 2.26. The zero-order chi connectivity index (χ0) is 16.0. The smallest absolute Gasteiger partial charge is 0.244 e. The minimum atomic E-state index is -3.91. The summed E-state index contributed by atoms with van der Waals surface area (Å²) in [5.41, 5.74) is 0. The number of amides is 1. The quantitative estimate of drug-likeness (QED) is 0.718. The number of carbonyl (C=O) groups excluding carboxylic acids is 1. The zero-order valence-electron chi connectivity index (χ0n) is 11.3. The predicted octanol–water partition coefficient (Wildman–Crippen LogP) is 1.11. The van der Waals surface area contributed by atoms with Crippen LogP contribution in [-0.4, -0.2) is 50.5 Å². The van der Waals surface area contributed by atoms with E-state index < -0.39 is 15.9 Å². The van der Waals surface area contributed by atoms with Gasteiger partial charge in [0, 0.05) is 25.2 Å². The van der Waals surface area contributed by atoms with Crippen LogP contribution in [0.3, 0.4) is 0 Å². The molecule has 0 spiro atoms. The van der Waals surface area contributed by atoms with Gasteiger partial charge in [0.2, 0.25) is 15.9 Å². The minimum absolute atomic E-state index is 0.0342. The first kappa shape index (κ1) is 18.2. The van der Waals surface area contributed by atoms with Gasteiger partial charge in [-0.3, -0.25) is 4.79 Å². The van der Waals surface area contributed by atoms with E-state index in [1.54, 1.807) is 0 Å². The highest BCUT2D eigenvalue weighted by molar-refractivity contribution is 7.89. The molecule has 0 aliphatic rings. The van der Waals surface area contributed by atoms with Crippen LogP contribution < -0.4 is 5.32 Å². The van der Waals surface area contributed by atoms with E-state index in [0.717, 1.165) is 4.31 Å². The number of carbonyl (C=O) groups is 1. The number of hydrogen-bond donors (Lipinski definition) is 2. The molecule has 0 heterocycles. The van der Waals surface area contributed by atoms with E-state index in [0.29, 0.717) is 6.42 Å². The summed E-state index contributed by atoms with van der Waals surface area (Å²) in [6, 6.07) is 4.09. The number of benzene rings is 1. The molecule has 1 aromatic carbocycles. The molecule has 0 atom stereocenters. The maximum Gasteiger partial charge on any atom is 0.244 e. The Hall–Kier alpha value is -0.860. The largest absolute Gasteiger partial charge is 0.396 e. The number of aliphatic hydroxyl groups excluding tert-OH is 1. The number of aliphatic hydroxyl groups is 1. The summed E-state index contributed by atoms with van der Waals surface area (Å²) in [5.74, 6) is -0.465. The second-order valence-corrected chi connectivity index (χ2v) is 7.12. The minimum Gasteiger partial charge on any atom is -0.396 e. The topological polar surface area (TPSA) is 86.7 Å². The van der Waals surface area contributed by atoms with Crippen LogP contribution in [0.5, 0.6) is 0 Å². The van der Waals surface area contributed by atoms with Crippen molar-refractivity contribution in [3.8, 4) is 0 Å². The van der Waals surface area contributed by atoms with E-state index in [-0.39, 0.29) is 34.6 Å². The van der Waals surface area contributed by atoms with Crippen LogP contribution in [0.4, 0.5) is 0 Å². The van der Waals surface area contributed by atoms with E-state index in [9.17, 15) is 13.2 Å². The molecular weight excluding hydrogens is 339 g/mol. The lowest BCUT2D eigenvalue weighted by Gasteiger charge is -2.17. The van der Waals surface area contributed by atoms with Crippen molar-refractivity contribution in [2.45, 2.75) is 11.3 Å². The van der Waals surface area contributed by atoms with Crippen LogP contribution in [0.2, 0.25) is 10.0 Å². The average Bonchev–Trinajstić information content (AvgIpc) is 2.41. The maximum atomic E-state index is 12.3. The zero-order valence-corrected chi connectivity index (χ0v) is 13.7. The van der Waals surface area contributed by atoms with Gasteiger partial charge in [-0.25, -0.2) is 8.42 Å². The van der Waals surface area contributed by atoms with Crippen molar-refractivity contribution in [3.63, 3.8) is 0 Å². The fraction of sp³-hybridized carbons (Fsp3) is 0.417. The number of hydrogen-bond acceptors (Lipinski definition) is 4. The molecule has 1 aromatic rings. The Bertz CT molecular complexity index is 607. The summed E-state index contributed by atoms with van der Waals surface area (Å²) < 4.78 is 25.6. The Morgan fingerprint density at radius 2 is 2.05 bits per heavy atom. The summed E-state index contributed by atoms with van der Waals surface area (Å²) in [4.78, 5) is 11.4. The van der Waals surface area contributed by atoms with E-state index in [4.69, 9.17) is 28.3 Å². The third-order valence-corrected chi connectivity index (χ3v) is 5.12. The molecule has 0 radical (unpaired) electrons. The van der Waals surface area contributed by atoms with E-state index in [1.807, 2.05) is 0 Å². The Kier molecular flexibility index (Phi) is 6.89. The molecule has 1 rings (SSSR count). The molecule has 0 aromatic heterocycles. The van der Waals surface area contributed by atoms with Gasteiger partial charge < -0.3 is 10.4 Å².